The number of carbonyl (C=O) groups excluding carboxylic acids is 3. The molecule has 0 aliphatic carbocycles. The number of carboxylic acids is 6. The minimum absolute atomic E-state index is 0.0318. The molecule has 1 aromatic rings. The summed E-state index contributed by atoms with van der Waals surface area (Å²) in [5.74, 6) is -7.56. The van der Waals surface area contributed by atoms with Crippen LogP contribution in [-0.2, 0) is 51.4 Å². The summed E-state index contributed by atoms with van der Waals surface area (Å²) in [6.07, 6.45) is 1.28. The molecule has 28 nitrogen and oxygen atoms in total. The Morgan fingerprint density at radius 3 is 1.56 bits per heavy atom. The Kier molecular flexibility index (Phi) is 25.2. The lowest BCUT2D eigenvalue weighted by molar-refractivity contribution is -0.141. The van der Waals surface area contributed by atoms with E-state index in [9.17, 15) is 63.6 Å². The van der Waals surface area contributed by atoms with Gasteiger partial charge in [0.2, 0.25) is 5.91 Å². The monoisotopic (exact) mass is 916 g/mol. The highest BCUT2D eigenvalue weighted by Crippen LogP contribution is 2.04. The van der Waals surface area contributed by atoms with Gasteiger partial charge < -0.3 is 62.0 Å². The molecule has 1 aromatic heterocycles. The Hall–Kier alpha value is -6.23. The molecule has 1 aliphatic heterocycles. The number of hydrogen-bond donors (Lipinski definition) is 11. The van der Waals surface area contributed by atoms with E-state index in [0.29, 0.717) is 31.7 Å². The highest BCUT2D eigenvalue weighted by molar-refractivity contribution is 5.86. The number of hydrogen-bond acceptors (Lipinski definition) is 16. The molecule has 1 aliphatic rings. The number of aliphatic carboxylic acids is 6. The van der Waals surface area contributed by atoms with Crippen LogP contribution in [-0.4, -0.2) is 236 Å². The molecule has 360 valence electrons. The standard InChI is InChI=1S/C36H60N12O16/c49-28(21-44-8-10-45(22-30(52)53)12-14-47(24-32(56)57)15-13-46(11-9-44)23-31(54)55)37-7-17-64-18-16-48-20-25(42-43-48)19-39-35(62)38-6-2-1-3-26(33(58)59)40-36(63)41-27(34(60)61)4-5-29(50)51/h20,26-27H,1-19,21-24H2,(H,37,49)(H,50,51)(H,52,53)(H,54,55)(H,56,57)(H,58,59)(H,60,61)(H2,38,39,62)(H2,40,41,63)/t26-,27-/m0/s1. The first-order chi connectivity index (χ1) is 30.4. The summed E-state index contributed by atoms with van der Waals surface area (Å²) in [6.45, 7) is 2.46. The predicted octanol–water partition coefficient (Wildman–Crippen LogP) is -4.07. The third-order valence-electron chi connectivity index (χ3n) is 9.48. The SMILES string of the molecule is O=C(O)CC[C@H](NC(=O)N[C@@H](CCCCNC(=O)NCc1cn(CCOCCNC(=O)CN2CCN(CC(=O)O)CCN(CC(=O)O)CCN(CC(=O)O)CC2)nn1)C(=O)O)C(=O)O. The lowest BCUT2D eigenvalue weighted by Gasteiger charge is -2.32. The second kappa shape index (κ2) is 30.0. The van der Waals surface area contributed by atoms with Gasteiger partial charge in [-0.15, -0.1) is 5.10 Å². The van der Waals surface area contributed by atoms with E-state index in [1.165, 1.54) is 4.68 Å². The van der Waals surface area contributed by atoms with Crippen LogP contribution in [0.2, 0.25) is 0 Å². The number of nitrogens with zero attached hydrogens (tertiary/aromatic N) is 7. The van der Waals surface area contributed by atoms with Crippen molar-refractivity contribution in [1.82, 2.24) is 61.2 Å². The summed E-state index contributed by atoms with van der Waals surface area (Å²) >= 11 is 0. The van der Waals surface area contributed by atoms with Crippen LogP contribution in [0.3, 0.4) is 0 Å². The zero-order valence-electron chi connectivity index (χ0n) is 35.4. The largest absolute Gasteiger partial charge is 0.481 e. The van der Waals surface area contributed by atoms with Crippen LogP contribution in [0, 0.1) is 0 Å². The van der Waals surface area contributed by atoms with Gasteiger partial charge in [-0.3, -0.25) is 43.6 Å². The van der Waals surface area contributed by atoms with Crippen molar-refractivity contribution in [2.45, 2.75) is 57.3 Å². The minimum atomic E-state index is -1.52. The van der Waals surface area contributed by atoms with Crippen molar-refractivity contribution >= 4 is 53.8 Å². The van der Waals surface area contributed by atoms with Gasteiger partial charge in [0.1, 0.15) is 17.8 Å². The molecule has 1 fully saturated rings. The number of carboxylic acid groups (broad SMARTS) is 6. The maximum Gasteiger partial charge on any atom is 0.326 e. The first-order valence-corrected chi connectivity index (χ1v) is 20.4. The lowest BCUT2D eigenvalue weighted by Crippen LogP contribution is -2.51. The van der Waals surface area contributed by atoms with Gasteiger partial charge in [-0.2, -0.15) is 0 Å². The van der Waals surface area contributed by atoms with Crippen molar-refractivity contribution < 1.29 is 78.5 Å². The molecule has 0 bridgehead atoms. The number of unbranched alkanes of at least 4 members (excludes halogenated alkanes) is 1. The topological polar surface area (TPSA) is 388 Å². The number of nitrogens with one attached hydrogen (secondary N) is 5. The van der Waals surface area contributed by atoms with Crippen LogP contribution in [0.5, 0.6) is 0 Å². The summed E-state index contributed by atoms with van der Waals surface area (Å²) < 4.78 is 7.11. The summed E-state index contributed by atoms with van der Waals surface area (Å²) in [7, 11) is 0. The van der Waals surface area contributed by atoms with Gasteiger partial charge in [0.25, 0.3) is 0 Å². The minimum Gasteiger partial charge on any atom is -0.481 e. The molecule has 5 amide bonds. The van der Waals surface area contributed by atoms with E-state index < -0.39 is 72.8 Å². The smallest absolute Gasteiger partial charge is 0.326 e. The van der Waals surface area contributed by atoms with E-state index in [1.54, 1.807) is 25.8 Å². The fourth-order valence-electron chi connectivity index (χ4n) is 6.14. The Labute approximate surface area is 367 Å². The molecule has 0 radical (unpaired) electrons. The maximum atomic E-state index is 12.9. The zero-order chi connectivity index (χ0) is 47.4. The third-order valence-corrected chi connectivity index (χ3v) is 9.48. The maximum absolute atomic E-state index is 12.9. The molecule has 1 saturated heterocycles. The van der Waals surface area contributed by atoms with Crippen LogP contribution >= 0.6 is 0 Å². The highest BCUT2D eigenvalue weighted by Gasteiger charge is 2.25. The van der Waals surface area contributed by atoms with E-state index in [-0.39, 0.29) is 117 Å². The summed E-state index contributed by atoms with van der Waals surface area (Å²) in [5, 5.41) is 75.6. The molecule has 2 atom stereocenters. The molecule has 0 unspecified atom stereocenters. The average molecular weight is 917 g/mol. The van der Waals surface area contributed by atoms with E-state index in [0.717, 1.165) is 0 Å². The second-order valence-corrected chi connectivity index (χ2v) is 14.7. The van der Waals surface area contributed by atoms with Crippen molar-refractivity contribution in [3.8, 4) is 0 Å². The molecule has 2 rings (SSSR count). The van der Waals surface area contributed by atoms with Crippen LogP contribution in [0.15, 0.2) is 6.20 Å². The normalized spacial score (nSPS) is 15.6. The zero-order valence-corrected chi connectivity index (χ0v) is 35.4. The van der Waals surface area contributed by atoms with Crippen molar-refractivity contribution in [2.75, 3.05) is 105 Å². The fourth-order valence-corrected chi connectivity index (χ4v) is 6.14. The van der Waals surface area contributed by atoms with Gasteiger partial charge in [0.15, 0.2) is 0 Å². The van der Waals surface area contributed by atoms with Crippen molar-refractivity contribution in [1.29, 1.82) is 0 Å². The van der Waals surface area contributed by atoms with Crippen LogP contribution < -0.4 is 26.6 Å². The quantitative estimate of drug-likeness (QED) is 0.0356. The Morgan fingerprint density at radius 2 is 1.08 bits per heavy atom. The third kappa shape index (κ3) is 25.0. The Morgan fingerprint density at radius 1 is 0.578 bits per heavy atom. The van der Waals surface area contributed by atoms with Gasteiger partial charge in [-0.25, -0.2) is 23.9 Å². The predicted molar refractivity (Wildman–Crippen MR) is 218 cm³/mol. The van der Waals surface area contributed by atoms with Crippen molar-refractivity contribution in [3.63, 3.8) is 0 Å². The second-order valence-electron chi connectivity index (χ2n) is 14.7. The number of ether oxygens (including phenoxy) is 1. The van der Waals surface area contributed by atoms with Crippen molar-refractivity contribution in [2.24, 2.45) is 0 Å². The molecule has 64 heavy (non-hydrogen) atoms. The van der Waals surface area contributed by atoms with Crippen LogP contribution in [0.4, 0.5) is 9.59 Å². The highest BCUT2D eigenvalue weighted by atomic mass is 16.5. The van der Waals surface area contributed by atoms with E-state index >= 15 is 0 Å². The van der Waals surface area contributed by atoms with E-state index in [2.05, 4.69) is 31.6 Å². The van der Waals surface area contributed by atoms with Gasteiger partial charge >= 0.3 is 47.9 Å². The first-order valence-electron chi connectivity index (χ1n) is 20.4. The molecule has 0 aromatic carbocycles. The van der Waals surface area contributed by atoms with Crippen LogP contribution in [0.25, 0.3) is 0 Å². The summed E-state index contributed by atoms with van der Waals surface area (Å²) in [4.78, 5) is 112. The molecule has 28 heteroatoms. The number of rotatable bonds is 28. The van der Waals surface area contributed by atoms with Gasteiger partial charge in [0, 0.05) is 71.9 Å². The Bertz CT molecular complexity index is 1670. The molecule has 0 saturated carbocycles. The van der Waals surface area contributed by atoms with Gasteiger partial charge in [0.05, 0.1) is 58.7 Å². The Balaban J connectivity index is 1.69. The molecular formula is C36H60N12O16. The molecule has 2 heterocycles. The first kappa shape index (κ1) is 53.9. The number of urea groups is 2. The summed E-state index contributed by atoms with van der Waals surface area (Å²) in [6, 6.07) is -4.49. The number of carbonyl (C=O) groups is 9. The average Bonchev–Trinajstić information content (AvgIpc) is 3.67. The van der Waals surface area contributed by atoms with E-state index in [1.807, 2.05) is 5.32 Å². The molecule has 0 spiro atoms. The van der Waals surface area contributed by atoms with Crippen LogP contribution in [0.1, 0.15) is 37.8 Å². The van der Waals surface area contributed by atoms with E-state index in [4.69, 9.17) is 14.9 Å². The lowest BCUT2D eigenvalue weighted by atomic mass is 10.1. The van der Waals surface area contributed by atoms with Gasteiger partial charge in [-0.1, -0.05) is 5.21 Å². The molecular weight excluding hydrogens is 856 g/mol. The summed E-state index contributed by atoms with van der Waals surface area (Å²) in [5.41, 5.74) is 0.447. The molecule has 11 N–H and O–H groups in total. The van der Waals surface area contributed by atoms with Gasteiger partial charge in [-0.05, 0) is 25.7 Å². The number of amides is 5. The number of aromatic nitrogens is 3. The fraction of sp³-hybridized carbons (Fsp3) is 0.694. The van der Waals surface area contributed by atoms with Crippen molar-refractivity contribution in [3.05, 3.63) is 11.9 Å².